The molecule has 1 aromatic carbocycles. The van der Waals surface area contributed by atoms with E-state index >= 15 is 0 Å². The zero-order valence-corrected chi connectivity index (χ0v) is 14.9. The summed E-state index contributed by atoms with van der Waals surface area (Å²) in [4.78, 5) is 0.143. The number of hydrogen-bond donors (Lipinski definition) is 2. The van der Waals surface area contributed by atoms with Gasteiger partial charge in [0.2, 0.25) is 10.0 Å². The van der Waals surface area contributed by atoms with Crippen molar-refractivity contribution in [2.24, 2.45) is 0 Å². The molecule has 1 atom stereocenters. The topological polar surface area (TPSA) is 83.6 Å². The molecular weight excluding hydrogens is 412 g/mol. The summed E-state index contributed by atoms with van der Waals surface area (Å²) in [5.41, 5.74) is 5.16. The third kappa shape index (κ3) is 3.19. The van der Waals surface area contributed by atoms with Gasteiger partial charge in [-0.3, -0.25) is 0 Å². The number of nitrogen functional groups attached to an aromatic ring is 1. The Morgan fingerprint density at radius 3 is 2.40 bits per heavy atom. The number of rotatable bonds is 2. The SMILES string of the molecule is CC1(O)CCCN(S(=O)(=O)c2c(Br)cc(N)cc2Br)C1. The van der Waals surface area contributed by atoms with Crippen molar-refractivity contribution >= 4 is 47.6 Å². The molecular formula is C12H16Br2N2O3S. The summed E-state index contributed by atoms with van der Waals surface area (Å²) in [6, 6.07) is 3.11. The van der Waals surface area contributed by atoms with Gasteiger partial charge in [0.05, 0.1) is 5.60 Å². The lowest BCUT2D eigenvalue weighted by atomic mass is 9.97. The number of benzene rings is 1. The summed E-state index contributed by atoms with van der Waals surface area (Å²) in [6.07, 6.45) is 1.24. The quantitative estimate of drug-likeness (QED) is 0.709. The first-order chi connectivity index (χ1) is 9.13. The number of anilines is 1. The van der Waals surface area contributed by atoms with Crippen molar-refractivity contribution in [2.45, 2.75) is 30.3 Å². The summed E-state index contributed by atoms with van der Waals surface area (Å²) in [7, 11) is -3.69. The Morgan fingerprint density at radius 1 is 1.35 bits per heavy atom. The van der Waals surface area contributed by atoms with Crippen molar-refractivity contribution in [1.29, 1.82) is 0 Å². The molecule has 8 heteroatoms. The molecule has 1 fully saturated rings. The van der Waals surface area contributed by atoms with Gasteiger partial charge in [0.1, 0.15) is 4.90 Å². The molecule has 0 amide bonds. The van der Waals surface area contributed by atoms with E-state index in [1.165, 1.54) is 4.31 Å². The lowest BCUT2D eigenvalue weighted by Gasteiger charge is -2.36. The highest BCUT2D eigenvalue weighted by atomic mass is 79.9. The van der Waals surface area contributed by atoms with Crippen molar-refractivity contribution in [3.8, 4) is 0 Å². The maximum Gasteiger partial charge on any atom is 0.245 e. The maximum absolute atomic E-state index is 12.7. The summed E-state index contributed by atoms with van der Waals surface area (Å²) in [6.45, 7) is 2.15. The van der Waals surface area contributed by atoms with Crippen LogP contribution in [0.15, 0.2) is 26.0 Å². The molecule has 112 valence electrons. The molecule has 1 aromatic rings. The smallest absolute Gasteiger partial charge is 0.245 e. The monoisotopic (exact) mass is 426 g/mol. The molecule has 5 nitrogen and oxygen atoms in total. The number of piperidine rings is 1. The van der Waals surface area contributed by atoms with Gasteiger partial charge in [0.15, 0.2) is 0 Å². The minimum Gasteiger partial charge on any atom is -0.399 e. The second-order valence-electron chi connectivity index (χ2n) is 5.25. The molecule has 0 spiro atoms. The third-order valence-corrected chi connectivity index (χ3v) is 6.98. The van der Waals surface area contributed by atoms with Crippen LogP contribution in [0.4, 0.5) is 5.69 Å². The van der Waals surface area contributed by atoms with E-state index in [4.69, 9.17) is 5.73 Å². The molecule has 3 N–H and O–H groups in total. The summed E-state index contributed by atoms with van der Waals surface area (Å²) in [5, 5.41) is 10.1. The van der Waals surface area contributed by atoms with Gasteiger partial charge in [-0.15, -0.1) is 0 Å². The highest BCUT2D eigenvalue weighted by Gasteiger charge is 2.37. The molecule has 1 unspecified atom stereocenters. The zero-order valence-electron chi connectivity index (χ0n) is 10.9. The van der Waals surface area contributed by atoms with Crippen LogP contribution in [0, 0.1) is 0 Å². The molecule has 1 saturated heterocycles. The number of sulfonamides is 1. The van der Waals surface area contributed by atoms with E-state index < -0.39 is 15.6 Å². The number of nitrogens with two attached hydrogens (primary N) is 1. The Hall–Kier alpha value is -0.150. The van der Waals surface area contributed by atoms with Gasteiger partial charge >= 0.3 is 0 Å². The average Bonchev–Trinajstić information content (AvgIpc) is 2.25. The van der Waals surface area contributed by atoms with Gasteiger partial charge in [-0.25, -0.2) is 8.42 Å². The van der Waals surface area contributed by atoms with Crippen molar-refractivity contribution in [3.63, 3.8) is 0 Å². The average molecular weight is 428 g/mol. The van der Waals surface area contributed by atoms with Crippen molar-refractivity contribution in [3.05, 3.63) is 21.1 Å². The highest BCUT2D eigenvalue weighted by molar-refractivity contribution is 9.11. The lowest BCUT2D eigenvalue weighted by molar-refractivity contribution is 0.00938. The summed E-state index contributed by atoms with van der Waals surface area (Å²) >= 11 is 6.50. The van der Waals surface area contributed by atoms with Crippen LogP contribution in [0.25, 0.3) is 0 Å². The van der Waals surface area contributed by atoms with Gasteiger partial charge in [0.25, 0.3) is 0 Å². The number of halogens is 2. The van der Waals surface area contributed by atoms with Crippen molar-refractivity contribution in [2.75, 3.05) is 18.8 Å². The Kier molecular flexibility index (Phi) is 4.52. The molecule has 0 radical (unpaired) electrons. The zero-order chi connectivity index (χ0) is 15.1. The normalized spacial score (nSPS) is 24.8. The van der Waals surface area contributed by atoms with Crippen molar-refractivity contribution < 1.29 is 13.5 Å². The van der Waals surface area contributed by atoms with E-state index in [1.54, 1.807) is 19.1 Å². The van der Waals surface area contributed by atoms with E-state index in [0.29, 0.717) is 34.0 Å². The Bertz CT molecular complexity index is 609. The summed E-state index contributed by atoms with van der Waals surface area (Å²) in [5.74, 6) is 0. The van der Waals surface area contributed by atoms with Crippen LogP contribution in [0.3, 0.4) is 0 Å². The van der Waals surface area contributed by atoms with Crippen LogP contribution in [-0.2, 0) is 10.0 Å². The standard InChI is InChI=1S/C12H16Br2N2O3S/c1-12(17)3-2-4-16(7-12)20(18,19)11-9(13)5-8(15)6-10(11)14/h5-6,17H,2-4,7,15H2,1H3. The van der Waals surface area contributed by atoms with Gasteiger partial charge in [-0.05, 0) is 63.8 Å². The van der Waals surface area contributed by atoms with Crippen LogP contribution < -0.4 is 5.73 Å². The predicted octanol–water partition coefficient (Wildman–Crippen LogP) is 2.33. The largest absolute Gasteiger partial charge is 0.399 e. The highest BCUT2D eigenvalue weighted by Crippen LogP contribution is 2.36. The maximum atomic E-state index is 12.7. The van der Waals surface area contributed by atoms with Crippen LogP contribution in [0.1, 0.15) is 19.8 Å². The van der Waals surface area contributed by atoms with Crippen LogP contribution >= 0.6 is 31.9 Å². The van der Waals surface area contributed by atoms with Crippen LogP contribution in [-0.4, -0.2) is 36.5 Å². The molecule has 0 bridgehead atoms. The fraction of sp³-hybridized carbons (Fsp3) is 0.500. The minimum absolute atomic E-state index is 0.0958. The van der Waals surface area contributed by atoms with Crippen LogP contribution in [0.5, 0.6) is 0 Å². The van der Waals surface area contributed by atoms with Gasteiger partial charge < -0.3 is 10.8 Å². The van der Waals surface area contributed by atoms with Crippen LogP contribution in [0.2, 0.25) is 0 Å². The van der Waals surface area contributed by atoms with Gasteiger partial charge in [0, 0.05) is 27.7 Å². The van der Waals surface area contributed by atoms with E-state index in [0.717, 1.165) is 0 Å². The number of β-amino-alcohol motifs (C(OH)–C–C–N with tert-alkyl or cyclic N) is 1. The molecule has 1 aliphatic heterocycles. The van der Waals surface area contributed by atoms with Gasteiger partial charge in [-0.2, -0.15) is 4.31 Å². The lowest BCUT2D eigenvalue weighted by Crippen LogP contribution is -2.48. The number of hydrogen-bond acceptors (Lipinski definition) is 4. The third-order valence-electron chi connectivity index (χ3n) is 3.26. The molecule has 20 heavy (non-hydrogen) atoms. The molecule has 2 rings (SSSR count). The summed E-state index contributed by atoms with van der Waals surface area (Å²) < 4.78 is 27.6. The number of nitrogens with zero attached hydrogens (tertiary/aromatic N) is 1. The molecule has 1 aliphatic rings. The number of aliphatic hydroxyl groups is 1. The van der Waals surface area contributed by atoms with E-state index in [9.17, 15) is 13.5 Å². The molecule has 0 saturated carbocycles. The predicted molar refractivity (Wildman–Crippen MR) is 84.9 cm³/mol. The fourth-order valence-corrected chi connectivity index (χ4v) is 6.47. The first-order valence-corrected chi connectivity index (χ1v) is 9.13. The second-order valence-corrected chi connectivity index (χ2v) is 8.84. The van der Waals surface area contributed by atoms with Crippen molar-refractivity contribution in [1.82, 2.24) is 4.31 Å². The van der Waals surface area contributed by atoms with E-state index in [2.05, 4.69) is 31.9 Å². The Balaban J connectivity index is 2.46. The molecule has 1 heterocycles. The first kappa shape index (κ1) is 16.2. The first-order valence-electron chi connectivity index (χ1n) is 6.10. The Morgan fingerprint density at radius 2 is 1.90 bits per heavy atom. The second kappa shape index (κ2) is 5.57. The Labute approximate surface area is 135 Å². The van der Waals surface area contributed by atoms with E-state index in [-0.39, 0.29) is 11.4 Å². The molecule has 0 aliphatic carbocycles. The molecule has 0 aromatic heterocycles. The fourth-order valence-electron chi connectivity index (χ4n) is 2.33. The van der Waals surface area contributed by atoms with E-state index in [1.807, 2.05) is 0 Å². The van der Waals surface area contributed by atoms with Gasteiger partial charge in [-0.1, -0.05) is 0 Å². The minimum atomic E-state index is -3.69.